The van der Waals surface area contributed by atoms with Crippen molar-refractivity contribution in [1.82, 2.24) is 5.32 Å². The van der Waals surface area contributed by atoms with Gasteiger partial charge in [0.2, 0.25) is 0 Å². The lowest BCUT2D eigenvalue weighted by molar-refractivity contribution is -0.0706. The minimum absolute atomic E-state index is 0.528. The highest BCUT2D eigenvalue weighted by atomic mass is 79.9. The average Bonchev–Trinajstić information content (AvgIpc) is 3.23. The van der Waals surface area contributed by atoms with E-state index >= 15 is 0 Å². The molecule has 4 aliphatic rings. The van der Waals surface area contributed by atoms with Crippen molar-refractivity contribution in [1.29, 1.82) is 0 Å². The Labute approximate surface area is 192 Å². The van der Waals surface area contributed by atoms with Gasteiger partial charge >= 0.3 is 0 Å². The molecule has 1 atom stereocenters. The Morgan fingerprint density at radius 1 is 1.17 bits per heavy atom. The van der Waals surface area contributed by atoms with Crippen LogP contribution in [0.2, 0.25) is 0 Å². The quantitative estimate of drug-likeness (QED) is 0.442. The molecule has 1 heterocycles. The maximum atomic E-state index is 6.07. The third kappa shape index (κ3) is 4.05. The summed E-state index contributed by atoms with van der Waals surface area (Å²) in [4.78, 5) is 1.21. The largest absolute Gasteiger partial charge is 0.493 e. The van der Waals surface area contributed by atoms with Crippen LogP contribution >= 0.6 is 27.3 Å². The van der Waals surface area contributed by atoms with Gasteiger partial charge in [0.05, 0.1) is 11.6 Å². The molecule has 0 aliphatic heterocycles. The number of ether oxygens (including phenoxy) is 2. The van der Waals surface area contributed by atoms with Crippen LogP contribution in [0.3, 0.4) is 0 Å². The fourth-order valence-electron chi connectivity index (χ4n) is 6.75. The van der Waals surface area contributed by atoms with Gasteiger partial charge in [-0.2, -0.15) is 0 Å². The van der Waals surface area contributed by atoms with Crippen molar-refractivity contribution < 1.29 is 9.47 Å². The second-order valence-corrected chi connectivity index (χ2v) is 11.7. The van der Waals surface area contributed by atoms with E-state index in [2.05, 4.69) is 57.8 Å². The van der Waals surface area contributed by atoms with Crippen molar-refractivity contribution in [3.05, 3.63) is 44.6 Å². The van der Waals surface area contributed by atoms with Crippen molar-refractivity contribution in [3.8, 4) is 11.5 Å². The first-order valence-corrected chi connectivity index (χ1v) is 13.0. The van der Waals surface area contributed by atoms with Crippen LogP contribution in [0, 0.1) is 23.2 Å². The second-order valence-electron chi connectivity index (χ2n) is 9.86. The van der Waals surface area contributed by atoms with Gasteiger partial charge in [-0.05, 0) is 114 Å². The fourth-order valence-corrected chi connectivity index (χ4v) is 7.97. The van der Waals surface area contributed by atoms with E-state index in [-0.39, 0.29) is 0 Å². The van der Waals surface area contributed by atoms with Gasteiger partial charge in [0, 0.05) is 17.5 Å². The molecule has 30 heavy (non-hydrogen) atoms. The number of hydrogen-bond acceptors (Lipinski definition) is 4. The molecule has 162 valence electrons. The normalized spacial score (nSPS) is 30.4. The van der Waals surface area contributed by atoms with E-state index < -0.39 is 0 Å². The topological polar surface area (TPSA) is 30.5 Å². The van der Waals surface area contributed by atoms with E-state index in [1.165, 1.54) is 49.0 Å². The van der Waals surface area contributed by atoms with Gasteiger partial charge in [0.1, 0.15) is 6.61 Å². The van der Waals surface area contributed by atoms with E-state index in [0.717, 1.165) is 40.3 Å². The zero-order chi connectivity index (χ0) is 20.7. The lowest BCUT2D eigenvalue weighted by Gasteiger charge is -2.59. The molecule has 0 saturated heterocycles. The summed E-state index contributed by atoms with van der Waals surface area (Å²) in [5.74, 6) is 4.56. The molecule has 4 aliphatic carbocycles. The number of hydrogen-bond donors (Lipinski definition) is 1. The van der Waals surface area contributed by atoms with Crippen molar-refractivity contribution in [2.24, 2.45) is 23.2 Å². The Balaban J connectivity index is 1.25. The number of thiophene rings is 1. The van der Waals surface area contributed by atoms with Crippen LogP contribution in [0.15, 0.2) is 34.1 Å². The smallest absolute Gasteiger partial charge is 0.175 e. The van der Waals surface area contributed by atoms with Crippen LogP contribution in [0.1, 0.15) is 55.9 Å². The van der Waals surface area contributed by atoms with E-state index in [1.807, 2.05) is 0 Å². The number of halogens is 1. The number of methoxy groups -OCH3 is 1. The average molecular weight is 491 g/mol. The van der Waals surface area contributed by atoms with Gasteiger partial charge in [-0.15, -0.1) is 11.3 Å². The molecule has 1 unspecified atom stereocenters. The summed E-state index contributed by atoms with van der Waals surface area (Å²) in [6.07, 6.45) is 8.83. The summed E-state index contributed by atoms with van der Waals surface area (Å²) >= 11 is 5.42. The Hall–Kier alpha value is -1.04. The number of rotatable bonds is 8. The second kappa shape index (κ2) is 8.48. The van der Waals surface area contributed by atoms with E-state index in [4.69, 9.17) is 9.47 Å². The van der Waals surface area contributed by atoms with Gasteiger partial charge in [-0.25, -0.2) is 0 Å². The summed E-state index contributed by atoms with van der Waals surface area (Å²) in [6.45, 7) is 3.86. The van der Waals surface area contributed by atoms with Crippen LogP contribution in [0.5, 0.6) is 11.5 Å². The predicted molar refractivity (Wildman–Crippen MR) is 126 cm³/mol. The number of benzene rings is 1. The lowest BCUT2D eigenvalue weighted by atomic mass is 9.48. The van der Waals surface area contributed by atoms with Crippen LogP contribution in [0.4, 0.5) is 0 Å². The van der Waals surface area contributed by atoms with Gasteiger partial charge in [0.25, 0.3) is 0 Å². The Morgan fingerprint density at radius 2 is 1.87 bits per heavy atom. The van der Waals surface area contributed by atoms with Crippen LogP contribution in [0.25, 0.3) is 0 Å². The fraction of sp³-hybridized carbons (Fsp3) is 0.600. The highest BCUT2D eigenvalue weighted by Crippen LogP contribution is 2.61. The molecule has 1 N–H and O–H groups in total. The summed E-state index contributed by atoms with van der Waals surface area (Å²) in [7, 11) is 1.72. The van der Waals surface area contributed by atoms with Crippen LogP contribution in [-0.4, -0.2) is 13.2 Å². The summed E-state index contributed by atoms with van der Waals surface area (Å²) < 4.78 is 12.7. The van der Waals surface area contributed by atoms with Crippen molar-refractivity contribution in [3.63, 3.8) is 0 Å². The lowest BCUT2D eigenvalue weighted by Crippen LogP contribution is -2.54. The van der Waals surface area contributed by atoms with E-state index in [1.54, 1.807) is 18.4 Å². The minimum atomic E-state index is 0.528. The third-order valence-electron chi connectivity index (χ3n) is 7.84. The monoisotopic (exact) mass is 489 g/mol. The minimum Gasteiger partial charge on any atom is -0.493 e. The Bertz CT molecular complexity index is 846. The Morgan fingerprint density at radius 3 is 2.47 bits per heavy atom. The molecule has 4 fully saturated rings. The standard InChI is InChI=1S/C25H32BrNO2S/c1-16(25-11-17-6-18(12-25)8-19(7-17)13-25)27-14-20-9-22(26)24(23(10-20)28-2)29-15-21-4-3-5-30-21/h3-5,9-10,16-19,27H,6-8,11-15H2,1-2H3. The molecule has 0 spiro atoms. The van der Waals surface area contributed by atoms with Crippen molar-refractivity contribution in [2.45, 2.75) is 64.6 Å². The molecule has 5 heteroatoms. The summed E-state index contributed by atoms with van der Waals surface area (Å²) in [5, 5.41) is 5.97. The molecular weight excluding hydrogens is 458 g/mol. The van der Waals surface area contributed by atoms with Crippen LogP contribution in [-0.2, 0) is 13.2 Å². The maximum absolute atomic E-state index is 6.07. The van der Waals surface area contributed by atoms with E-state index in [0.29, 0.717) is 18.1 Å². The molecule has 1 aromatic carbocycles. The zero-order valence-corrected chi connectivity index (χ0v) is 20.4. The van der Waals surface area contributed by atoms with Crippen molar-refractivity contribution >= 4 is 27.3 Å². The van der Waals surface area contributed by atoms with Gasteiger partial charge in [0.15, 0.2) is 11.5 Å². The van der Waals surface area contributed by atoms with E-state index in [9.17, 15) is 0 Å². The highest BCUT2D eigenvalue weighted by Gasteiger charge is 2.52. The first kappa shape index (κ1) is 20.8. The van der Waals surface area contributed by atoms with Crippen LogP contribution < -0.4 is 14.8 Å². The maximum Gasteiger partial charge on any atom is 0.175 e. The number of nitrogens with one attached hydrogen (secondary N) is 1. The SMILES string of the molecule is COc1cc(CNC(C)C23CC4CC(CC(C4)C2)C3)cc(Br)c1OCc1cccs1. The molecule has 0 radical (unpaired) electrons. The summed E-state index contributed by atoms with van der Waals surface area (Å²) in [5.41, 5.74) is 1.76. The highest BCUT2D eigenvalue weighted by molar-refractivity contribution is 9.10. The molecule has 6 rings (SSSR count). The molecule has 3 nitrogen and oxygen atoms in total. The molecular formula is C25H32BrNO2S. The van der Waals surface area contributed by atoms with Gasteiger partial charge < -0.3 is 14.8 Å². The third-order valence-corrected chi connectivity index (χ3v) is 9.28. The zero-order valence-electron chi connectivity index (χ0n) is 18.0. The van der Waals surface area contributed by atoms with Gasteiger partial charge in [-0.1, -0.05) is 6.07 Å². The first-order chi connectivity index (χ1) is 14.5. The predicted octanol–water partition coefficient (Wildman–Crippen LogP) is 6.79. The van der Waals surface area contributed by atoms with Crippen molar-refractivity contribution in [2.75, 3.05) is 7.11 Å². The summed E-state index contributed by atoms with van der Waals surface area (Å²) in [6, 6.07) is 9.00. The molecule has 2 aromatic rings. The molecule has 4 saturated carbocycles. The molecule has 4 bridgehead atoms. The van der Waals surface area contributed by atoms with Gasteiger partial charge in [-0.3, -0.25) is 0 Å². The first-order valence-electron chi connectivity index (χ1n) is 11.3. The molecule has 1 aromatic heterocycles. The molecule has 0 amide bonds. The Kier molecular flexibility index (Phi) is 5.89.